The number of hydrogen-bond donors (Lipinski definition) is 1. The summed E-state index contributed by atoms with van der Waals surface area (Å²) in [5.41, 5.74) is 0. The summed E-state index contributed by atoms with van der Waals surface area (Å²) < 4.78 is 0. The minimum absolute atomic E-state index is 0.708. The smallest absolute Gasteiger partial charge is 0.0110 e. The zero-order valence-electron chi connectivity index (χ0n) is 13.4. The highest BCUT2D eigenvalue weighted by molar-refractivity contribution is 4.88. The standard InChI is InChI=1S/C16H34N2/c1-7-8-14(4)18(6)11-15-13(3)9-12(2)10-16(15)17-5/h12-17H,7-11H2,1-6H3. The zero-order chi connectivity index (χ0) is 13.7. The molecule has 0 saturated heterocycles. The lowest BCUT2D eigenvalue weighted by Crippen LogP contribution is -2.48. The Morgan fingerprint density at radius 1 is 1.28 bits per heavy atom. The van der Waals surface area contributed by atoms with Crippen molar-refractivity contribution in [3.63, 3.8) is 0 Å². The fourth-order valence-corrected chi connectivity index (χ4v) is 3.70. The lowest BCUT2D eigenvalue weighted by Gasteiger charge is -2.42. The summed E-state index contributed by atoms with van der Waals surface area (Å²) in [6, 6.07) is 1.43. The van der Waals surface area contributed by atoms with Gasteiger partial charge in [-0.3, -0.25) is 0 Å². The molecule has 0 radical (unpaired) electrons. The molecule has 0 aromatic heterocycles. The Kier molecular flexibility index (Phi) is 6.65. The van der Waals surface area contributed by atoms with Crippen LogP contribution in [0.15, 0.2) is 0 Å². The van der Waals surface area contributed by atoms with E-state index >= 15 is 0 Å². The van der Waals surface area contributed by atoms with Crippen molar-refractivity contribution in [2.45, 2.75) is 65.5 Å². The van der Waals surface area contributed by atoms with E-state index in [1.54, 1.807) is 0 Å². The van der Waals surface area contributed by atoms with Gasteiger partial charge in [0.1, 0.15) is 0 Å². The van der Waals surface area contributed by atoms with E-state index in [9.17, 15) is 0 Å². The fraction of sp³-hybridized carbons (Fsp3) is 1.00. The predicted molar refractivity (Wildman–Crippen MR) is 80.9 cm³/mol. The minimum Gasteiger partial charge on any atom is -0.317 e. The molecule has 1 fully saturated rings. The summed E-state index contributed by atoms with van der Waals surface area (Å²) >= 11 is 0. The number of hydrogen-bond acceptors (Lipinski definition) is 2. The number of nitrogens with one attached hydrogen (secondary N) is 1. The molecule has 0 bridgehead atoms. The van der Waals surface area contributed by atoms with E-state index in [1.165, 1.54) is 32.2 Å². The molecule has 2 heteroatoms. The molecule has 108 valence electrons. The third-order valence-corrected chi connectivity index (χ3v) is 5.01. The van der Waals surface area contributed by atoms with Gasteiger partial charge in [-0.05, 0) is 58.0 Å². The summed E-state index contributed by atoms with van der Waals surface area (Å²) in [5.74, 6) is 2.55. The van der Waals surface area contributed by atoms with Gasteiger partial charge in [-0.2, -0.15) is 0 Å². The molecule has 0 aliphatic heterocycles. The predicted octanol–water partition coefficient (Wildman–Crippen LogP) is 3.38. The highest BCUT2D eigenvalue weighted by Crippen LogP contribution is 2.34. The average Bonchev–Trinajstić information content (AvgIpc) is 2.32. The summed E-state index contributed by atoms with van der Waals surface area (Å²) in [7, 11) is 4.44. The third-order valence-electron chi connectivity index (χ3n) is 5.01. The first-order valence-electron chi connectivity index (χ1n) is 7.87. The van der Waals surface area contributed by atoms with Crippen LogP contribution in [0.4, 0.5) is 0 Å². The van der Waals surface area contributed by atoms with Crippen molar-refractivity contribution in [2.24, 2.45) is 17.8 Å². The average molecular weight is 254 g/mol. The summed E-state index contributed by atoms with van der Waals surface area (Å²) in [4.78, 5) is 2.57. The molecule has 1 N–H and O–H groups in total. The lowest BCUT2D eigenvalue weighted by atomic mass is 9.72. The molecular weight excluding hydrogens is 220 g/mol. The quantitative estimate of drug-likeness (QED) is 0.782. The van der Waals surface area contributed by atoms with Gasteiger partial charge in [-0.15, -0.1) is 0 Å². The molecule has 2 nitrogen and oxygen atoms in total. The van der Waals surface area contributed by atoms with E-state index in [2.05, 4.69) is 52.0 Å². The van der Waals surface area contributed by atoms with Gasteiger partial charge in [0.15, 0.2) is 0 Å². The molecule has 1 aliphatic rings. The number of rotatable bonds is 6. The second-order valence-corrected chi connectivity index (χ2v) is 6.69. The van der Waals surface area contributed by atoms with E-state index in [0.29, 0.717) is 6.04 Å². The minimum atomic E-state index is 0.708. The maximum Gasteiger partial charge on any atom is 0.0110 e. The van der Waals surface area contributed by atoms with Crippen LogP contribution in [0.3, 0.4) is 0 Å². The maximum atomic E-state index is 3.56. The first kappa shape index (κ1) is 16.0. The second-order valence-electron chi connectivity index (χ2n) is 6.69. The van der Waals surface area contributed by atoms with Crippen LogP contribution >= 0.6 is 0 Å². The third kappa shape index (κ3) is 4.24. The first-order chi connectivity index (χ1) is 8.49. The molecular formula is C16H34N2. The Morgan fingerprint density at radius 2 is 1.94 bits per heavy atom. The van der Waals surface area contributed by atoms with Crippen LogP contribution in [0.2, 0.25) is 0 Å². The highest BCUT2D eigenvalue weighted by atomic mass is 15.1. The van der Waals surface area contributed by atoms with Crippen molar-refractivity contribution in [2.75, 3.05) is 20.6 Å². The largest absolute Gasteiger partial charge is 0.317 e. The van der Waals surface area contributed by atoms with Gasteiger partial charge in [-0.25, -0.2) is 0 Å². The molecule has 18 heavy (non-hydrogen) atoms. The summed E-state index contributed by atoms with van der Waals surface area (Å²) in [6.07, 6.45) is 5.36. The van der Waals surface area contributed by atoms with E-state index < -0.39 is 0 Å². The fourth-order valence-electron chi connectivity index (χ4n) is 3.70. The SMILES string of the molecule is CCCC(C)N(C)CC1C(C)CC(C)CC1NC. The molecule has 1 aliphatic carbocycles. The normalized spacial score (nSPS) is 34.8. The lowest BCUT2D eigenvalue weighted by molar-refractivity contribution is 0.0985. The van der Waals surface area contributed by atoms with Crippen LogP contribution in [0.25, 0.3) is 0 Å². The Hall–Kier alpha value is -0.0800. The van der Waals surface area contributed by atoms with Gasteiger partial charge in [0, 0.05) is 18.6 Å². The van der Waals surface area contributed by atoms with E-state index in [-0.39, 0.29) is 0 Å². The van der Waals surface area contributed by atoms with Crippen molar-refractivity contribution in [3.8, 4) is 0 Å². The molecule has 0 amide bonds. The Labute approximate surface area is 115 Å². The highest BCUT2D eigenvalue weighted by Gasteiger charge is 2.34. The van der Waals surface area contributed by atoms with Crippen LogP contribution in [0.1, 0.15) is 53.4 Å². The van der Waals surface area contributed by atoms with Gasteiger partial charge >= 0.3 is 0 Å². The molecule has 0 spiro atoms. The summed E-state index contributed by atoms with van der Waals surface area (Å²) in [5, 5.41) is 3.56. The number of nitrogens with zero attached hydrogens (tertiary/aromatic N) is 1. The second kappa shape index (κ2) is 7.49. The van der Waals surface area contributed by atoms with E-state index in [1.807, 2.05) is 0 Å². The van der Waals surface area contributed by atoms with Gasteiger partial charge in [0.25, 0.3) is 0 Å². The Balaban J connectivity index is 2.56. The molecule has 5 atom stereocenters. The van der Waals surface area contributed by atoms with Crippen LogP contribution in [-0.2, 0) is 0 Å². The van der Waals surface area contributed by atoms with Crippen LogP contribution in [0.5, 0.6) is 0 Å². The van der Waals surface area contributed by atoms with Gasteiger partial charge < -0.3 is 10.2 Å². The van der Waals surface area contributed by atoms with Crippen LogP contribution in [-0.4, -0.2) is 37.6 Å². The van der Waals surface area contributed by atoms with Crippen molar-refractivity contribution in [1.29, 1.82) is 0 Å². The Bertz CT molecular complexity index is 229. The van der Waals surface area contributed by atoms with E-state index in [0.717, 1.165) is 23.8 Å². The topological polar surface area (TPSA) is 15.3 Å². The summed E-state index contributed by atoms with van der Waals surface area (Å²) in [6.45, 7) is 10.8. The Morgan fingerprint density at radius 3 is 2.50 bits per heavy atom. The van der Waals surface area contributed by atoms with Gasteiger partial charge in [0.2, 0.25) is 0 Å². The molecule has 0 aromatic rings. The van der Waals surface area contributed by atoms with Crippen LogP contribution < -0.4 is 5.32 Å². The molecule has 5 unspecified atom stereocenters. The van der Waals surface area contributed by atoms with Crippen molar-refractivity contribution in [3.05, 3.63) is 0 Å². The van der Waals surface area contributed by atoms with Gasteiger partial charge in [-0.1, -0.05) is 27.2 Å². The first-order valence-corrected chi connectivity index (χ1v) is 7.87. The molecule has 1 rings (SSSR count). The van der Waals surface area contributed by atoms with Crippen molar-refractivity contribution >= 4 is 0 Å². The molecule has 0 heterocycles. The van der Waals surface area contributed by atoms with Gasteiger partial charge in [0.05, 0.1) is 0 Å². The van der Waals surface area contributed by atoms with E-state index in [4.69, 9.17) is 0 Å². The zero-order valence-corrected chi connectivity index (χ0v) is 13.4. The van der Waals surface area contributed by atoms with Crippen molar-refractivity contribution in [1.82, 2.24) is 10.2 Å². The monoisotopic (exact) mass is 254 g/mol. The van der Waals surface area contributed by atoms with Crippen molar-refractivity contribution < 1.29 is 0 Å². The maximum absolute atomic E-state index is 3.56. The molecule has 1 saturated carbocycles. The van der Waals surface area contributed by atoms with Crippen LogP contribution in [0, 0.1) is 17.8 Å². The molecule has 0 aromatic carbocycles.